The first-order chi connectivity index (χ1) is 8.63. The Morgan fingerprint density at radius 3 is 2.83 bits per heavy atom. The van der Waals surface area contributed by atoms with Gasteiger partial charge in [0, 0.05) is 4.47 Å². The number of benzene rings is 2. The second-order valence-electron chi connectivity index (χ2n) is 3.79. The Morgan fingerprint density at radius 2 is 2.00 bits per heavy atom. The summed E-state index contributed by atoms with van der Waals surface area (Å²) in [6.07, 6.45) is 0. The van der Waals surface area contributed by atoms with E-state index >= 15 is 0 Å². The van der Waals surface area contributed by atoms with Crippen molar-refractivity contribution in [1.82, 2.24) is 4.98 Å². The van der Waals surface area contributed by atoms with Gasteiger partial charge in [-0.05, 0) is 36.4 Å². The van der Waals surface area contributed by atoms with Crippen molar-refractivity contribution in [3.63, 3.8) is 0 Å². The van der Waals surface area contributed by atoms with Gasteiger partial charge in [0.2, 0.25) is 0 Å². The molecule has 0 radical (unpaired) electrons. The van der Waals surface area contributed by atoms with Gasteiger partial charge in [0.1, 0.15) is 16.6 Å². The van der Waals surface area contributed by atoms with E-state index in [1.165, 1.54) is 29.5 Å². The van der Waals surface area contributed by atoms with E-state index in [2.05, 4.69) is 20.9 Å². The molecule has 1 aromatic heterocycles. The Hall–Kier alpha value is -1.46. The van der Waals surface area contributed by atoms with Crippen LogP contribution in [0, 0.1) is 5.82 Å². The zero-order chi connectivity index (χ0) is 12.7. The van der Waals surface area contributed by atoms with Crippen molar-refractivity contribution in [3.05, 3.63) is 46.7 Å². The minimum atomic E-state index is -0.386. The largest absolute Gasteiger partial charge is 0.507 e. The zero-order valence-corrected chi connectivity index (χ0v) is 11.4. The standard InChI is InChI=1S/C13H7BrFNOS/c14-7-1-4-12-10(5-7)16-13(18-12)9-6-8(15)2-3-11(9)17/h1-6,17H. The first-order valence-electron chi connectivity index (χ1n) is 5.18. The summed E-state index contributed by atoms with van der Waals surface area (Å²) in [6, 6.07) is 9.62. The molecule has 2 nitrogen and oxygen atoms in total. The number of phenols is 1. The number of fused-ring (bicyclic) bond motifs is 1. The minimum Gasteiger partial charge on any atom is -0.507 e. The number of nitrogens with zero attached hydrogens (tertiary/aromatic N) is 1. The highest BCUT2D eigenvalue weighted by Gasteiger charge is 2.11. The van der Waals surface area contributed by atoms with Crippen LogP contribution < -0.4 is 0 Å². The molecule has 0 amide bonds. The van der Waals surface area contributed by atoms with Crippen molar-refractivity contribution in [1.29, 1.82) is 0 Å². The van der Waals surface area contributed by atoms with Crippen LogP contribution >= 0.6 is 27.3 Å². The minimum absolute atomic E-state index is 0.0366. The van der Waals surface area contributed by atoms with Gasteiger partial charge in [0.25, 0.3) is 0 Å². The third-order valence-electron chi connectivity index (χ3n) is 2.54. The lowest BCUT2D eigenvalue weighted by molar-refractivity contribution is 0.475. The molecule has 5 heteroatoms. The van der Waals surface area contributed by atoms with E-state index in [-0.39, 0.29) is 11.6 Å². The molecule has 1 N–H and O–H groups in total. The lowest BCUT2D eigenvalue weighted by atomic mass is 10.2. The van der Waals surface area contributed by atoms with E-state index in [4.69, 9.17) is 0 Å². The fraction of sp³-hybridized carbons (Fsp3) is 0. The highest BCUT2D eigenvalue weighted by Crippen LogP contribution is 2.36. The molecule has 0 aliphatic heterocycles. The Kier molecular flexibility index (Phi) is 2.80. The second-order valence-corrected chi connectivity index (χ2v) is 5.74. The van der Waals surface area contributed by atoms with Gasteiger partial charge in [-0.15, -0.1) is 11.3 Å². The average Bonchev–Trinajstić information content (AvgIpc) is 2.74. The number of thiazole rings is 1. The summed E-state index contributed by atoms with van der Waals surface area (Å²) in [6.45, 7) is 0. The molecule has 0 unspecified atom stereocenters. The van der Waals surface area contributed by atoms with Gasteiger partial charge in [0.15, 0.2) is 0 Å². The molecule has 0 fully saturated rings. The first kappa shape index (κ1) is 11.6. The fourth-order valence-corrected chi connectivity index (χ4v) is 3.02. The number of hydrogen-bond acceptors (Lipinski definition) is 3. The molecular formula is C13H7BrFNOS. The van der Waals surface area contributed by atoms with Gasteiger partial charge in [-0.2, -0.15) is 0 Å². The van der Waals surface area contributed by atoms with Crippen molar-refractivity contribution >= 4 is 37.5 Å². The number of halogens is 2. The van der Waals surface area contributed by atoms with Crippen molar-refractivity contribution in [3.8, 4) is 16.3 Å². The highest BCUT2D eigenvalue weighted by atomic mass is 79.9. The van der Waals surface area contributed by atoms with Gasteiger partial charge >= 0.3 is 0 Å². The number of hydrogen-bond donors (Lipinski definition) is 1. The molecule has 3 rings (SSSR count). The molecule has 0 aliphatic carbocycles. The Labute approximate surface area is 115 Å². The second kappa shape index (κ2) is 4.33. The molecule has 1 heterocycles. The lowest BCUT2D eigenvalue weighted by Gasteiger charge is -1.99. The lowest BCUT2D eigenvalue weighted by Crippen LogP contribution is -1.80. The smallest absolute Gasteiger partial charge is 0.128 e. The zero-order valence-electron chi connectivity index (χ0n) is 9.02. The van der Waals surface area contributed by atoms with E-state index in [0.717, 1.165) is 14.7 Å². The van der Waals surface area contributed by atoms with Gasteiger partial charge in [-0.3, -0.25) is 0 Å². The third kappa shape index (κ3) is 2.00. The van der Waals surface area contributed by atoms with Crippen LogP contribution in [0.15, 0.2) is 40.9 Å². The van der Waals surface area contributed by atoms with Crippen molar-refractivity contribution in [2.24, 2.45) is 0 Å². The quantitative estimate of drug-likeness (QED) is 0.711. The molecule has 0 atom stereocenters. The molecule has 0 saturated heterocycles. The Bertz CT molecular complexity index is 741. The van der Waals surface area contributed by atoms with Crippen LogP contribution in [0.1, 0.15) is 0 Å². The number of aromatic hydroxyl groups is 1. The van der Waals surface area contributed by atoms with Crippen LogP contribution in [0.25, 0.3) is 20.8 Å². The molecule has 0 bridgehead atoms. The topological polar surface area (TPSA) is 33.1 Å². The summed E-state index contributed by atoms with van der Waals surface area (Å²) in [7, 11) is 0. The number of phenolic OH excluding ortho intramolecular Hbond substituents is 1. The normalized spacial score (nSPS) is 11.0. The van der Waals surface area contributed by atoms with Crippen molar-refractivity contribution in [2.45, 2.75) is 0 Å². The van der Waals surface area contributed by atoms with Crippen LogP contribution in [-0.2, 0) is 0 Å². The van der Waals surface area contributed by atoms with E-state index in [1.54, 1.807) is 0 Å². The SMILES string of the molecule is Oc1ccc(F)cc1-c1nc2cc(Br)ccc2s1. The predicted octanol–water partition coefficient (Wildman–Crippen LogP) is 4.57. The molecular weight excluding hydrogens is 317 g/mol. The van der Waals surface area contributed by atoms with Crippen LogP contribution in [0.5, 0.6) is 5.75 Å². The van der Waals surface area contributed by atoms with E-state index in [1.807, 2.05) is 18.2 Å². The van der Waals surface area contributed by atoms with Crippen LogP contribution in [0.2, 0.25) is 0 Å². The molecule has 3 aromatic rings. The van der Waals surface area contributed by atoms with Crippen molar-refractivity contribution < 1.29 is 9.50 Å². The van der Waals surface area contributed by atoms with Crippen LogP contribution in [0.3, 0.4) is 0 Å². The van der Waals surface area contributed by atoms with E-state index in [9.17, 15) is 9.50 Å². The van der Waals surface area contributed by atoms with Crippen molar-refractivity contribution in [2.75, 3.05) is 0 Å². The van der Waals surface area contributed by atoms with Crippen LogP contribution in [-0.4, -0.2) is 10.1 Å². The summed E-state index contributed by atoms with van der Waals surface area (Å²) in [4.78, 5) is 4.41. The fourth-order valence-electron chi connectivity index (χ4n) is 1.70. The maximum atomic E-state index is 13.2. The number of aromatic nitrogens is 1. The summed E-state index contributed by atoms with van der Waals surface area (Å²) >= 11 is 4.80. The molecule has 0 spiro atoms. The van der Waals surface area contributed by atoms with Crippen LogP contribution in [0.4, 0.5) is 4.39 Å². The molecule has 0 saturated carbocycles. The highest BCUT2D eigenvalue weighted by molar-refractivity contribution is 9.10. The van der Waals surface area contributed by atoms with E-state index < -0.39 is 0 Å². The van der Waals surface area contributed by atoms with Gasteiger partial charge < -0.3 is 5.11 Å². The van der Waals surface area contributed by atoms with Gasteiger partial charge in [-0.1, -0.05) is 15.9 Å². The maximum absolute atomic E-state index is 13.2. The predicted molar refractivity (Wildman–Crippen MR) is 74.4 cm³/mol. The van der Waals surface area contributed by atoms with Gasteiger partial charge in [-0.25, -0.2) is 9.37 Å². The third-order valence-corrected chi connectivity index (χ3v) is 4.10. The average molecular weight is 324 g/mol. The summed E-state index contributed by atoms with van der Waals surface area (Å²) < 4.78 is 15.1. The molecule has 90 valence electrons. The monoisotopic (exact) mass is 323 g/mol. The molecule has 0 aliphatic rings. The Morgan fingerprint density at radius 1 is 1.17 bits per heavy atom. The summed E-state index contributed by atoms with van der Waals surface area (Å²) in [5.74, 6) is -0.349. The van der Waals surface area contributed by atoms with Gasteiger partial charge in [0.05, 0.1) is 15.8 Å². The summed E-state index contributed by atoms with van der Waals surface area (Å²) in [5.41, 5.74) is 1.25. The van der Waals surface area contributed by atoms with E-state index in [0.29, 0.717) is 10.6 Å². The molecule has 18 heavy (non-hydrogen) atoms. The first-order valence-corrected chi connectivity index (χ1v) is 6.79. The molecule has 2 aromatic carbocycles. The maximum Gasteiger partial charge on any atom is 0.128 e. The Balaban J connectivity index is 2.22. The summed E-state index contributed by atoms with van der Waals surface area (Å²) in [5, 5.41) is 10.4. The number of rotatable bonds is 1.